The number of hydrogen-bond acceptors (Lipinski definition) is 7. The van der Waals surface area contributed by atoms with Crippen molar-refractivity contribution in [3.63, 3.8) is 0 Å². The van der Waals surface area contributed by atoms with Gasteiger partial charge in [-0.3, -0.25) is 24.8 Å². The number of aromatic nitrogens is 6. The van der Waals surface area contributed by atoms with Crippen LogP contribution in [0.15, 0.2) is 67.3 Å². The van der Waals surface area contributed by atoms with Gasteiger partial charge in [-0.1, -0.05) is 6.92 Å². The van der Waals surface area contributed by atoms with Crippen LogP contribution in [0.25, 0.3) is 55.7 Å². The number of nitrogens with zero attached hydrogens (tertiary/aromatic N) is 5. The second-order valence-electron chi connectivity index (χ2n) is 10.9. The lowest BCUT2D eigenvalue weighted by Crippen LogP contribution is -2.25. The topological polar surface area (TPSA) is 125 Å². The number of hydrogen-bond donors (Lipinski definition) is 3. The molecule has 6 aromatic rings. The fraction of sp³-hybridized carbons (Fsp3) is 0.242. The van der Waals surface area contributed by atoms with E-state index >= 15 is 0 Å². The van der Waals surface area contributed by atoms with Crippen LogP contribution in [-0.2, 0) is 4.79 Å². The van der Waals surface area contributed by atoms with Crippen molar-refractivity contribution in [1.29, 1.82) is 0 Å². The minimum Gasteiger partial charge on any atom is -0.492 e. The minimum atomic E-state index is -0.366. The molecule has 1 aromatic carbocycles. The van der Waals surface area contributed by atoms with Gasteiger partial charge in [0.05, 0.1) is 40.5 Å². The number of likely N-dealkylation sites (tertiary alicyclic amines) is 1. The number of aromatic amines is 2. The van der Waals surface area contributed by atoms with E-state index < -0.39 is 0 Å². The SMILES string of the molecule is CCC(=O)Nc1cncc(-c2ccc3[nH]nc(-c4cc5c(-c6cc(F)cc(OCCN7CCCC7)c6)cncc5[nH]4)c3n2)c1. The van der Waals surface area contributed by atoms with E-state index in [2.05, 4.69) is 35.4 Å². The lowest BCUT2D eigenvalue weighted by atomic mass is 10.0. The quantitative estimate of drug-likeness (QED) is 0.183. The van der Waals surface area contributed by atoms with Crippen LogP contribution >= 0.6 is 0 Å². The van der Waals surface area contributed by atoms with Crippen LogP contribution < -0.4 is 10.1 Å². The first-order valence-electron chi connectivity index (χ1n) is 14.8. The Balaban J connectivity index is 1.20. The molecule has 6 heterocycles. The zero-order chi connectivity index (χ0) is 30.0. The summed E-state index contributed by atoms with van der Waals surface area (Å²) >= 11 is 0. The number of carbonyl (C=O) groups excluding carboxylic acids is 1. The maximum atomic E-state index is 14.8. The summed E-state index contributed by atoms with van der Waals surface area (Å²) in [5, 5.41) is 11.3. The third-order valence-electron chi connectivity index (χ3n) is 7.90. The molecule has 222 valence electrons. The van der Waals surface area contributed by atoms with Gasteiger partial charge in [0.15, 0.2) is 0 Å². The second kappa shape index (κ2) is 11.8. The van der Waals surface area contributed by atoms with Crippen molar-refractivity contribution in [2.45, 2.75) is 26.2 Å². The molecule has 0 saturated carbocycles. The molecule has 1 saturated heterocycles. The molecule has 0 spiro atoms. The summed E-state index contributed by atoms with van der Waals surface area (Å²) in [6.45, 7) is 5.31. The number of carbonyl (C=O) groups is 1. The van der Waals surface area contributed by atoms with E-state index in [0.29, 0.717) is 46.9 Å². The summed E-state index contributed by atoms with van der Waals surface area (Å²) in [5.41, 5.74) is 7.13. The van der Waals surface area contributed by atoms with Gasteiger partial charge in [0.25, 0.3) is 0 Å². The van der Waals surface area contributed by atoms with Crippen molar-refractivity contribution >= 4 is 33.5 Å². The van der Waals surface area contributed by atoms with Gasteiger partial charge in [0.1, 0.15) is 29.4 Å². The van der Waals surface area contributed by atoms with Crippen molar-refractivity contribution in [2.75, 3.05) is 31.6 Å². The number of amides is 1. The Hall–Kier alpha value is -5.16. The van der Waals surface area contributed by atoms with E-state index in [-0.39, 0.29) is 11.7 Å². The van der Waals surface area contributed by atoms with E-state index in [1.807, 2.05) is 30.3 Å². The molecule has 44 heavy (non-hydrogen) atoms. The van der Waals surface area contributed by atoms with Gasteiger partial charge < -0.3 is 15.0 Å². The number of pyridine rings is 3. The molecule has 0 atom stereocenters. The van der Waals surface area contributed by atoms with E-state index in [0.717, 1.165) is 52.9 Å². The molecule has 11 heteroatoms. The van der Waals surface area contributed by atoms with Crippen LogP contribution in [0.4, 0.5) is 10.1 Å². The molecule has 1 aliphatic heterocycles. The summed E-state index contributed by atoms with van der Waals surface area (Å²) in [6, 6.07) is 12.4. The van der Waals surface area contributed by atoms with Crippen molar-refractivity contribution in [3.8, 4) is 39.5 Å². The van der Waals surface area contributed by atoms with Gasteiger partial charge >= 0.3 is 0 Å². The van der Waals surface area contributed by atoms with Gasteiger partial charge in [-0.25, -0.2) is 9.37 Å². The third-order valence-corrected chi connectivity index (χ3v) is 7.90. The zero-order valence-electron chi connectivity index (χ0n) is 24.2. The highest BCUT2D eigenvalue weighted by molar-refractivity contribution is 6.00. The maximum Gasteiger partial charge on any atom is 0.224 e. The summed E-state index contributed by atoms with van der Waals surface area (Å²) in [6.07, 6.45) is 9.61. The summed E-state index contributed by atoms with van der Waals surface area (Å²) in [4.78, 5) is 31.3. The molecule has 3 N–H and O–H groups in total. The zero-order valence-corrected chi connectivity index (χ0v) is 24.2. The molecule has 5 aromatic heterocycles. The molecule has 0 bridgehead atoms. The number of benzene rings is 1. The smallest absolute Gasteiger partial charge is 0.224 e. The predicted octanol–water partition coefficient (Wildman–Crippen LogP) is 6.19. The highest BCUT2D eigenvalue weighted by atomic mass is 19.1. The van der Waals surface area contributed by atoms with Crippen LogP contribution in [-0.4, -0.2) is 67.2 Å². The average molecular weight is 591 g/mol. The van der Waals surface area contributed by atoms with Crippen LogP contribution in [0.3, 0.4) is 0 Å². The Labute approximate surface area is 252 Å². The maximum absolute atomic E-state index is 14.8. The highest BCUT2D eigenvalue weighted by Crippen LogP contribution is 2.35. The van der Waals surface area contributed by atoms with E-state index in [9.17, 15) is 9.18 Å². The number of anilines is 1. The lowest BCUT2D eigenvalue weighted by Gasteiger charge is -2.15. The van der Waals surface area contributed by atoms with Crippen molar-refractivity contribution in [1.82, 2.24) is 35.0 Å². The Morgan fingerprint density at radius 3 is 2.73 bits per heavy atom. The number of fused-ring (bicyclic) bond motifs is 2. The predicted molar refractivity (Wildman–Crippen MR) is 168 cm³/mol. The first-order chi connectivity index (χ1) is 21.5. The minimum absolute atomic E-state index is 0.0864. The summed E-state index contributed by atoms with van der Waals surface area (Å²) < 4.78 is 20.7. The molecule has 10 nitrogen and oxygen atoms in total. The molecule has 7 rings (SSSR count). The van der Waals surface area contributed by atoms with Gasteiger partial charge in [0, 0.05) is 47.9 Å². The number of halogens is 1. The molecule has 1 amide bonds. The Morgan fingerprint density at radius 1 is 1.00 bits per heavy atom. The first-order valence-corrected chi connectivity index (χ1v) is 14.8. The summed E-state index contributed by atoms with van der Waals surface area (Å²) in [7, 11) is 0. The average Bonchev–Trinajstić information content (AvgIpc) is 3.80. The molecule has 1 aliphatic rings. The Kier molecular flexibility index (Phi) is 7.45. The lowest BCUT2D eigenvalue weighted by molar-refractivity contribution is -0.115. The van der Waals surface area contributed by atoms with Crippen molar-refractivity contribution in [3.05, 3.63) is 73.1 Å². The number of H-pyrrole nitrogens is 2. The van der Waals surface area contributed by atoms with Crippen LogP contribution in [0.5, 0.6) is 5.75 Å². The second-order valence-corrected chi connectivity index (χ2v) is 10.9. The van der Waals surface area contributed by atoms with Gasteiger partial charge in [-0.2, -0.15) is 5.10 Å². The molecule has 0 unspecified atom stereocenters. The van der Waals surface area contributed by atoms with Crippen LogP contribution in [0.1, 0.15) is 26.2 Å². The van der Waals surface area contributed by atoms with Gasteiger partial charge in [0.2, 0.25) is 5.91 Å². The number of ether oxygens (including phenoxy) is 1. The van der Waals surface area contributed by atoms with Gasteiger partial charge in [-0.15, -0.1) is 0 Å². The van der Waals surface area contributed by atoms with Crippen LogP contribution in [0.2, 0.25) is 0 Å². The third kappa shape index (κ3) is 5.61. The van der Waals surface area contributed by atoms with E-state index in [1.165, 1.54) is 25.0 Å². The molecule has 1 fully saturated rings. The fourth-order valence-electron chi connectivity index (χ4n) is 5.65. The van der Waals surface area contributed by atoms with Crippen molar-refractivity contribution in [2.24, 2.45) is 0 Å². The molecule has 0 radical (unpaired) electrons. The highest BCUT2D eigenvalue weighted by Gasteiger charge is 2.17. The van der Waals surface area contributed by atoms with E-state index in [4.69, 9.17) is 9.72 Å². The van der Waals surface area contributed by atoms with Crippen LogP contribution in [0, 0.1) is 5.82 Å². The fourth-order valence-corrected chi connectivity index (χ4v) is 5.65. The Morgan fingerprint density at radius 2 is 1.86 bits per heavy atom. The number of nitrogens with one attached hydrogen (secondary N) is 3. The molecule has 0 aliphatic carbocycles. The Bertz CT molecular complexity index is 1980. The monoisotopic (exact) mass is 590 g/mol. The normalized spacial score (nSPS) is 13.6. The molecular weight excluding hydrogens is 559 g/mol. The molecular formula is C33H31FN8O2. The van der Waals surface area contributed by atoms with E-state index in [1.54, 1.807) is 31.7 Å². The van der Waals surface area contributed by atoms with Crippen molar-refractivity contribution < 1.29 is 13.9 Å². The summed E-state index contributed by atoms with van der Waals surface area (Å²) in [5.74, 6) is 0.0424. The number of rotatable bonds is 9. The largest absolute Gasteiger partial charge is 0.492 e. The van der Waals surface area contributed by atoms with Gasteiger partial charge in [-0.05, 0) is 67.9 Å². The standard InChI is InChI=1S/C33H31FN8O2/c1-2-31(43)37-23-12-21(16-35-17-23)27-5-6-28-32(39-27)33(41-40-28)29-15-25-26(18-36-19-30(25)38-29)20-11-22(34)14-24(13-20)44-10-9-42-7-3-4-8-42/h5-6,11-19,38H,2-4,7-10H2,1H3,(H,37,43)(H,40,41). The first kappa shape index (κ1) is 27.7.